The van der Waals surface area contributed by atoms with Crippen LogP contribution >= 0.6 is 0 Å². The lowest BCUT2D eigenvalue weighted by Crippen LogP contribution is -2.50. The third kappa shape index (κ3) is 7.14. The van der Waals surface area contributed by atoms with E-state index in [1.54, 1.807) is 24.1 Å². The number of alkyl halides is 4. The summed E-state index contributed by atoms with van der Waals surface area (Å²) < 4.78 is 64.9. The number of piperidine rings is 1. The van der Waals surface area contributed by atoms with E-state index in [1.165, 1.54) is 12.1 Å². The predicted octanol–water partition coefficient (Wildman–Crippen LogP) is 7.35. The van der Waals surface area contributed by atoms with E-state index in [0.29, 0.717) is 68.4 Å². The lowest BCUT2D eigenvalue weighted by Gasteiger charge is -2.35. The maximum atomic E-state index is 17.7. The molecule has 0 aromatic heterocycles. The number of benzene rings is 2. The number of aliphatic carboxylic acids is 1. The lowest BCUT2D eigenvalue weighted by atomic mass is 9.84. The molecule has 1 aliphatic carbocycles. The van der Waals surface area contributed by atoms with Gasteiger partial charge < -0.3 is 19.6 Å². The molecule has 3 heterocycles. The third-order valence-corrected chi connectivity index (χ3v) is 12.0. The van der Waals surface area contributed by atoms with Crippen molar-refractivity contribution >= 4 is 17.6 Å². The van der Waals surface area contributed by atoms with Gasteiger partial charge in [0.25, 0.3) is 5.91 Å². The van der Waals surface area contributed by atoms with E-state index in [9.17, 15) is 27.9 Å². The van der Waals surface area contributed by atoms with E-state index in [1.807, 2.05) is 24.0 Å². The van der Waals surface area contributed by atoms with Gasteiger partial charge in [0.1, 0.15) is 5.75 Å². The van der Waals surface area contributed by atoms with Crippen molar-refractivity contribution in [3.63, 3.8) is 0 Å². The molecule has 6 rings (SSSR count). The number of rotatable bonds is 8. The summed E-state index contributed by atoms with van der Waals surface area (Å²) in [5.41, 5.74) is -1.04. The molecule has 49 heavy (non-hydrogen) atoms. The number of carbonyl (C=O) groups is 2. The van der Waals surface area contributed by atoms with Crippen LogP contribution in [0.5, 0.6) is 5.75 Å². The standard InChI is InChI=1S/C38H49F4N3O4/c1-4-25-20-44(21-32(25)31-14-9-28(38(40,41)42)19-34(31)43-17-15-27(16-18-43)35(46)47)36(48)37(39)23-45(29-10-5-24(2)6-11-29)22-33(37)26-7-12-30(49-3)13-8-26/h7-9,12-14,19,24-25,27,29,32-33H,4-6,10-11,15-18,20-23H2,1-3H3,(H,46,47)/t24-,25-,29-,32-,33-,37-/m0/s1. The molecule has 1 amide bonds. The van der Waals surface area contributed by atoms with Gasteiger partial charge in [0, 0.05) is 62.8 Å². The molecule has 0 unspecified atom stereocenters. The minimum atomic E-state index is -4.55. The van der Waals surface area contributed by atoms with Crippen molar-refractivity contribution in [1.29, 1.82) is 0 Å². The number of hydrogen-bond acceptors (Lipinski definition) is 5. The van der Waals surface area contributed by atoms with Crippen LogP contribution < -0.4 is 9.64 Å². The number of carbonyl (C=O) groups excluding carboxylic acids is 1. The predicted molar refractivity (Wildman–Crippen MR) is 180 cm³/mol. The van der Waals surface area contributed by atoms with E-state index in [0.717, 1.165) is 37.3 Å². The number of carboxylic acid groups (broad SMARTS) is 1. The Bertz CT molecular complexity index is 1490. The largest absolute Gasteiger partial charge is 0.497 e. The highest BCUT2D eigenvalue weighted by Gasteiger charge is 2.57. The fourth-order valence-electron chi connectivity index (χ4n) is 8.90. The number of anilines is 1. The first kappa shape index (κ1) is 35.5. The number of likely N-dealkylation sites (tertiary alicyclic amines) is 2. The van der Waals surface area contributed by atoms with Crippen LogP contribution in [0.1, 0.15) is 87.3 Å². The monoisotopic (exact) mass is 687 g/mol. The summed E-state index contributed by atoms with van der Waals surface area (Å²) in [4.78, 5) is 31.8. The molecule has 4 fully saturated rings. The van der Waals surface area contributed by atoms with Crippen LogP contribution in [0.2, 0.25) is 0 Å². The van der Waals surface area contributed by atoms with Crippen molar-refractivity contribution in [2.45, 2.75) is 88.5 Å². The summed E-state index contributed by atoms with van der Waals surface area (Å²) in [6.07, 6.45) is 0.916. The summed E-state index contributed by atoms with van der Waals surface area (Å²) in [6.45, 7) is 5.89. The van der Waals surface area contributed by atoms with Crippen molar-refractivity contribution in [1.82, 2.24) is 9.80 Å². The van der Waals surface area contributed by atoms with Gasteiger partial charge >= 0.3 is 12.1 Å². The Morgan fingerprint density at radius 2 is 1.63 bits per heavy atom. The second-order valence-corrected chi connectivity index (χ2v) is 14.9. The van der Waals surface area contributed by atoms with Crippen molar-refractivity contribution in [3.8, 4) is 5.75 Å². The van der Waals surface area contributed by atoms with E-state index in [-0.39, 0.29) is 31.0 Å². The summed E-state index contributed by atoms with van der Waals surface area (Å²) in [5, 5.41) is 9.50. The molecule has 2 aromatic rings. The zero-order valence-corrected chi connectivity index (χ0v) is 28.7. The highest BCUT2D eigenvalue weighted by molar-refractivity contribution is 5.88. The van der Waals surface area contributed by atoms with Crippen LogP contribution in [0, 0.1) is 17.8 Å². The molecule has 3 aliphatic heterocycles. The smallest absolute Gasteiger partial charge is 0.416 e. The van der Waals surface area contributed by atoms with Crippen LogP contribution in [0.15, 0.2) is 42.5 Å². The van der Waals surface area contributed by atoms with E-state index in [2.05, 4.69) is 11.8 Å². The molecular formula is C38H49F4N3O4. The van der Waals surface area contributed by atoms with E-state index >= 15 is 4.39 Å². The first-order chi connectivity index (χ1) is 23.3. The number of nitrogens with zero attached hydrogens (tertiary/aromatic N) is 3. The van der Waals surface area contributed by atoms with Crippen molar-refractivity contribution in [2.75, 3.05) is 51.3 Å². The maximum Gasteiger partial charge on any atom is 0.416 e. The Labute approximate surface area is 286 Å². The highest BCUT2D eigenvalue weighted by Crippen LogP contribution is 2.47. The van der Waals surface area contributed by atoms with Crippen LogP contribution in [0.4, 0.5) is 23.2 Å². The van der Waals surface area contributed by atoms with E-state index in [4.69, 9.17) is 4.74 Å². The van der Waals surface area contributed by atoms with Gasteiger partial charge in [-0.15, -0.1) is 0 Å². The second-order valence-electron chi connectivity index (χ2n) is 14.9. The molecule has 2 aromatic carbocycles. The summed E-state index contributed by atoms with van der Waals surface area (Å²) >= 11 is 0. The highest BCUT2D eigenvalue weighted by atomic mass is 19.4. The van der Waals surface area contributed by atoms with Gasteiger partial charge in [-0.05, 0) is 85.8 Å². The average molecular weight is 688 g/mol. The minimum Gasteiger partial charge on any atom is -0.497 e. The number of carboxylic acids is 1. The third-order valence-electron chi connectivity index (χ3n) is 12.0. The quantitative estimate of drug-likeness (QED) is 0.293. The molecular weight excluding hydrogens is 638 g/mol. The van der Waals surface area contributed by atoms with Crippen LogP contribution in [0.25, 0.3) is 0 Å². The molecule has 4 atom stereocenters. The minimum absolute atomic E-state index is 0.0174. The Morgan fingerprint density at radius 3 is 2.22 bits per heavy atom. The van der Waals surface area contributed by atoms with Gasteiger partial charge in [0.15, 0.2) is 0 Å². The molecule has 0 bridgehead atoms. The molecule has 1 saturated carbocycles. The fourth-order valence-corrected chi connectivity index (χ4v) is 8.90. The number of methoxy groups -OCH3 is 1. The first-order valence-corrected chi connectivity index (χ1v) is 17.9. The second kappa shape index (κ2) is 14.1. The zero-order valence-electron chi connectivity index (χ0n) is 28.7. The van der Waals surface area contributed by atoms with Crippen LogP contribution in [-0.4, -0.2) is 84.9 Å². The van der Waals surface area contributed by atoms with Gasteiger partial charge in [-0.2, -0.15) is 13.2 Å². The molecule has 0 radical (unpaired) electrons. The molecule has 3 saturated heterocycles. The molecule has 7 nitrogen and oxygen atoms in total. The van der Waals surface area contributed by atoms with Gasteiger partial charge in [0.2, 0.25) is 5.67 Å². The summed E-state index contributed by atoms with van der Waals surface area (Å²) in [5.74, 6) is -1.70. The number of amides is 1. The number of hydrogen-bond donors (Lipinski definition) is 1. The van der Waals surface area contributed by atoms with Gasteiger partial charge in [-0.25, -0.2) is 4.39 Å². The Balaban J connectivity index is 1.29. The average Bonchev–Trinajstić information content (AvgIpc) is 3.69. The van der Waals surface area contributed by atoms with Crippen LogP contribution in [0.3, 0.4) is 0 Å². The number of halogens is 4. The Kier molecular flexibility index (Phi) is 10.2. The Morgan fingerprint density at radius 1 is 0.959 bits per heavy atom. The topological polar surface area (TPSA) is 73.3 Å². The Hall–Kier alpha value is -3.34. The van der Waals surface area contributed by atoms with Gasteiger partial charge in [-0.1, -0.05) is 38.5 Å². The normalized spacial score (nSPS) is 30.1. The zero-order chi connectivity index (χ0) is 35.1. The summed E-state index contributed by atoms with van der Waals surface area (Å²) in [7, 11) is 1.58. The van der Waals surface area contributed by atoms with Gasteiger partial charge in [-0.3, -0.25) is 14.5 Å². The fraction of sp³-hybridized carbons (Fsp3) is 0.632. The summed E-state index contributed by atoms with van der Waals surface area (Å²) in [6, 6.07) is 11.3. The molecule has 268 valence electrons. The molecule has 1 N–H and O–H groups in total. The SMILES string of the molecule is CC[C@H]1CN(C(=O)[C@]2(F)CN([C@H]3CC[C@H](C)CC3)C[C@H]2c2ccc(OC)cc2)C[C@@H]1c1ccc(C(F)(F)F)cc1N1CCC(C(=O)O)CC1. The number of ether oxygens (including phenoxy) is 1. The molecule has 4 aliphatic rings. The van der Waals surface area contributed by atoms with Crippen molar-refractivity contribution in [2.24, 2.45) is 17.8 Å². The molecule has 0 spiro atoms. The maximum absolute atomic E-state index is 17.7. The lowest BCUT2D eigenvalue weighted by molar-refractivity contribution is -0.143. The molecule has 11 heteroatoms. The first-order valence-electron chi connectivity index (χ1n) is 17.9. The van der Waals surface area contributed by atoms with Crippen molar-refractivity contribution < 1.29 is 37.0 Å². The van der Waals surface area contributed by atoms with Crippen molar-refractivity contribution in [3.05, 3.63) is 59.2 Å². The van der Waals surface area contributed by atoms with Gasteiger partial charge in [0.05, 0.1) is 18.6 Å². The van der Waals surface area contributed by atoms with Crippen LogP contribution in [-0.2, 0) is 15.8 Å². The van der Waals surface area contributed by atoms with E-state index < -0.39 is 41.1 Å².